The van der Waals surface area contributed by atoms with Gasteiger partial charge in [-0.05, 0) is 32.1 Å². The lowest BCUT2D eigenvalue weighted by molar-refractivity contribution is 0.309. The summed E-state index contributed by atoms with van der Waals surface area (Å²) >= 11 is 0. The third-order valence-electron chi connectivity index (χ3n) is 4.95. The van der Waals surface area contributed by atoms with Crippen LogP contribution in [0.3, 0.4) is 0 Å². The highest BCUT2D eigenvalue weighted by Gasteiger charge is 2.00. The molecule has 162 valence electrons. The van der Waals surface area contributed by atoms with Crippen LogP contribution < -0.4 is 0 Å². The second kappa shape index (κ2) is 20.4. The molecule has 0 aromatic heterocycles. The van der Waals surface area contributed by atoms with E-state index in [4.69, 9.17) is 4.18 Å². The van der Waals surface area contributed by atoms with Gasteiger partial charge in [0, 0.05) is 0 Å². The summed E-state index contributed by atoms with van der Waals surface area (Å²) in [6.07, 6.45) is 29.2. The van der Waals surface area contributed by atoms with Gasteiger partial charge in [-0.15, -0.1) is 0 Å². The monoisotopic (exact) mass is 402 g/mol. The Balaban J connectivity index is 3.13. The van der Waals surface area contributed by atoms with E-state index in [-0.39, 0.29) is 0 Å². The van der Waals surface area contributed by atoms with Gasteiger partial charge < -0.3 is 0 Å². The first-order chi connectivity index (χ1) is 13.1. The van der Waals surface area contributed by atoms with E-state index in [2.05, 4.69) is 19.1 Å². The zero-order valence-corrected chi connectivity index (χ0v) is 19.0. The second-order valence-corrected chi connectivity index (χ2v) is 9.52. The van der Waals surface area contributed by atoms with Crippen molar-refractivity contribution in [2.75, 3.05) is 12.9 Å². The first-order valence-electron chi connectivity index (χ1n) is 11.6. The fraction of sp³-hybridized carbons (Fsp3) is 0.913. The standard InChI is InChI=1S/C23H46O3S/c1-3-4-5-6-7-8-9-10-11-12-13-14-15-16-17-18-19-20-21-22-23-26-27(2,24)25/h14-15H,3-13,16-23H2,1-2H3. The van der Waals surface area contributed by atoms with Crippen molar-refractivity contribution in [1.82, 2.24) is 0 Å². The number of hydrogen-bond donors (Lipinski definition) is 0. The lowest BCUT2D eigenvalue weighted by Crippen LogP contribution is -2.03. The zero-order chi connectivity index (χ0) is 20.1. The Morgan fingerprint density at radius 3 is 1.37 bits per heavy atom. The van der Waals surface area contributed by atoms with E-state index in [0.29, 0.717) is 6.61 Å². The zero-order valence-electron chi connectivity index (χ0n) is 18.2. The van der Waals surface area contributed by atoms with Crippen molar-refractivity contribution >= 4 is 10.1 Å². The van der Waals surface area contributed by atoms with Crippen LogP contribution in [0.25, 0.3) is 0 Å². The maximum atomic E-state index is 10.8. The second-order valence-electron chi connectivity index (χ2n) is 7.88. The first-order valence-corrected chi connectivity index (χ1v) is 13.4. The van der Waals surface area contributed by atoms with Crippen molar-refractivity contribution in [1.29, 1.82) is 0 Å². The Bertz CT molecular complexity index is 415. The molecule has 4 heteroatoms. The molecule has 0 aliphatic rings. The van der Waals surface area contributed by atoms with Gasteiger partial charge >= 0.3 is 0 Å². The van der Waals surface area contributed by atoms with Gasteiger partial charge in [-0.2, -0.15) is 8.42 Å². The van der Waals surface area contributed by atoms with E-state index in [1.165, 1.54) is 103 Å². The summed E-state index contributed by atoms with van der Waals surface area (Å²) in [4.78, 5) is 0. The molecular weight excluding hydrogens is 356 g/mol. The van der Waals surface area contributed by atoms with Gasteiger partial charge in [0.2, 0.25) is 0 Å². The minimum absolute atomic E-state index is 0.334. The summed E-state index contributed by atoms with van der Waals surface area (Å²) in [5.74, 6) is 0. The summed E-state index contributed by atoms with van der Waals surface area (Å²) in [6.45, 7) is 2.61. The van der Waals surface area contributed by atoms with Crippen molar-refractivity contribution in [3.05, 3.63) is 12.2 Å². The Labute approximate surface area is 170 Å². The Kier molecular flexibility index (Phi) is 20.1. The molecule has 0 amide bonds. The molecule has 0 aliphatic heterocycles. The highest BCUT2D eigenvalue weighted by Crippen LogP contribution is 2.12. The van der Waals surface area contributed by atoms with Crippen LogP contribution in [0, 0.1) is 0 Å². The lowest BCUT2D eigenvalue weighted by atomic mass is 10.1. The molecule has 0 radical (unpaired) electrons. The van der Waals surface area contributed by atoms with Crippen LogP contribution in [0.15, 0.2) is 12.2 Å². The van der Waals surface area contributed by atoms with Crippen molar-refractivity contribution in [3.8, 4) is 0 Å². The van der Waals surface area contributed by atoms with E-state index in [1.807, 2.05) is 0 Å². The number of unbranched alkanes of at least 4 members (excludes halogenated alkanes) is 16. The van der Waals surface area contributed by atoms with Crippen molar-refractivity contribution in [2.45, 2.75) is 122 Å². The molecule has 0 unspecified atom stereocenters. The van der Waals surface area contributed by atoms with Crippen LogP contribution in [0.2, 0.25) is 0 Å². The van der Waals surface area contributed by atoms with Crippen LogP contribution in [-0.2, 0) is 14.3 Å². The molecule has 0 aromatic rings. The van der Waals surface area contributed by atoms with Gasteiger partial charge in [0.05, 0.1) is 12.9 Å². The minimum Gasteiger partial charge on any atom is -0.270 e. The largest absolute Gasteiger partial charge is 0.270 e. The molecule has 0 saturated carbocycles. The van der Waals surface area contributed by atoms with Crippen LogP contribution in [-0.4, -0.2) is 21.3 Å². The maximum Gasteiger partial charge on any atom is 0.264 e. The quantitative estimate of drug-likeness (QED) is 0.113. The first kappa shape index (κ1) is 26.6. The third kappa shape index (κ3) is 25.7. The third-order valence-corrected chi connectivity index (χ3v) is 5.55. The molecule has 27 heavy (non-hydrogen) atoms. The van der Waals surface area contributed by atoms with E-state index in [9.17, 15) is 8.42 Å². The van der Waals surface area contributed by atoms with Gasteiger partial charge in [0.25, 0.3) is 10.1 Å². The minimum atomic E-state index is -3.26. The summed E-state index contributed by atoms with van der Waals surface area (Å²) in [6, 6.07) is 0. The molecule has 0 bridgehead atoms. The molecule has 0 rings (SSSR count). The van der Waals surface area contributed by atoms with Gasteiger partial charge in [-0.1, -0.05) is 103 Å². The molecule has 0 aromatic carbocycles. The average Bonchev–Trinajstić information content (AvgIpc) is 2.62. The maximum absolute atomic E-state index is 10.8. The summed E-state index contributed by atoms with van der Waals surface area (Å²) in [5.41, 5.74) is 0. The van der Waals surface area contributed by atoms with Gasteiger partial charge in [-0.3, -0.25) is 4.18 Å². The van der Waals surface area contributed by atoms with Crippen LogP contribution in [0.1, 0.15) is 122 Å². The van der Waals surface area contributed by atoms with Gasteiger partial charge in [0.15, 0.2) is 0 Å². The molecular formula is C23H46O3S. The number of hydrogen-bond acceptors (Lipinski definition) is 3. The Hall–Kier alpha value is -0.350. The predicted molar refractivity (Wildman–Crippen MR) is 119 cm³/mol. The molecule has 0 N–H and O–H groups in total. The molecule has 0 fully saturated rings. The summed E-state index contributed by atoms with van der Waals surface area (Å²) in [7, 11) is -3.26. The van der Waals surface area contributed by atoms with Crippen molar-refractivity contribution in [2.24, 2.45) is 0 Å². The molecule has 0 heterocycles. The molecule has 0 atom stereocenters. The molecule has 0 spiro atoms. The molecule has 0 saturated heterocycles. The van der Waals surface area contributed by atoms with Crippen LogP contribution >= 0.6 is 0 Å². The van der Waals surface area contributed by atoms with Gasteiger partial charge in [0.1, 0.15) is 0 Å². The predicted octanol–water partition coefficient (Wildman–Crippen LogP) is 7.56. The molecule has 0 aliphatic carbocycles. The highest BCUT2D eigenvalue weighted by atomic mass is 32.2. The Morgan fingerprint density at radius 2 is 0.963 bits per heavy atom. The highest BCUT2D eigenvalue weighted by molar-refractivity contribution is 7.85. The van der Waals surface area contributed by atoms with E-state index >= 15 is 0 Å². The fourth-order valence-electron chi connectivity index (χ4n) is 3.27. The van der Waals surface area contributed by atoms with Crippen LogP contribution in [0.4, 0.5) is 0 Å². The molecule has 3 nitrogen and oxygen atoms in total. The normalized spacial score (nSPS) is 12.2. The Morgan fingerprint density at radius 1 is 0.593 bits per heavy atom. The van der Waals surface area contributed by atoms with Gasteiger partial charge in [-0.25, -0.2) is 0 Å². The number of allylic oxidation sites excluding steroid dienone is 2. The fourth-order valence-corrected chi connectivity index (χ4v) is 3.69. The van der Waals surface area contributed by atoms with E-state index in [1.54, 1.807) is 0 Å². The summed E-state index contributed by atoms with van der Waals surface area (Å²) < 4.78 is 26.3. The van der Waals surface area contributed by atoms with Crippen molar-refractivity contribution in [3.63, 3.8) is 0 Å². The average molecular weight is 403 g/mol. The van der Waals surface area contributed by atoms with E-state index < -0.39 is 10.1 Å². The summed E-state index contributed by atoms with van der Waals surface area (Å²) in [5, 5.41) is 0. The number of rotatable bonds is 21. The SMILES string of the molecule is CCCCCCCCCCCCC=CCCCCCCCCOS(C)(=O)=O. The van der Waals surface area contributed by atoms with Crippen LogP contribution in [0.5, 0.6) is 0 Å². The van der Waals surface area contributed by atoms with E-state index in [0.717, 1.165) is 19.1 Å². The lowest BCUT2D eigenvalue weighted by Gasteiger charge is -2.02. The topological polar surface area (TPSA) is 43.4 Å². The smallest absolute Gasteiger partial charge is 0.264 e. The van der Waals surface area contributed by atoms with Crippen molar-refractivity contribution < 1.29 is 12.6 Å².